The molecule has 26 heavy (non-hydrogen) atoms. The molecule has 0 radical (unpaired) electrons. The Kier molecular flexibility index (Phi) is 15.0. The van der Waals surface area contributed by atoms with E-state index in [-0.39, 0.29) is 30.2 Å². The topological polar surface area (TPSA) is 0 Å². The van der Waals surface area contributed by atoms with Gasteiger partial charge in [0, 0.05) is 0 Å². The summed E-state index contributed by atoms with van der Waals surface area (Å²) in [5.74, 6) is 0.560. The number of hydrogen-bond acceptors (Lipinski definition) is 0. The number of aryl methyl sites for hydroxylation is 1. The van der Waals surface area contributed by atoms with E-state index < -0.39 is 0 Å². The molecule has 1 atom stereocenters. The van der Waals surface area contributed by atoms with Crippen LogP contribution in [0.4, 0.5) is 0 Å². The van der Waals surface area contributed by atoms with Crippen LogP contribution in [0.2, 0.25) is 13.1 Å². The van der Waals surface area contributed by atoms with Crippen LogP contribution in [0.1, 0.15) is 33.3 Å². The van der Waals surface area contributed by atoms with E-state index in [0.717, 1.165) is 0 Å². The molecule has 1 unspecified atom stereocenters. The van der Waals surface area contributed by atoms with Crippen LogP contribution in [0.25, 0.3) is 10.8 Å². The summed E-state index contributed by atoms with van der Waals surface area (Å²) in [4.78, 5) is 0. The first-order chi connectivity index (χ1) is 11.1. The Bertz CT molecular complexity index is 786. The predicted octanol–water partition coefficient (Wildman–Crippen LogP) is 1.14. The maximum atomic E-state index is 3.51. The minimum Gasteiger partial charge on any atom is -1.00 e. The van der Waals surface area contributed by atoms with Gasteiger partial charge >= 0.3 is 41.9 Å². The number of fused-ring (bicyclic) bond motifs is 1. The number of rotatable bonds is 0. The van der Waals surface area contributed by atoms with Crippen molar-refractivity contribution in [2.75, 3.05) is 0 Å². The molecule has 0 aliphatic heterocycles. The third-order valence-corrected chi connectivity index (χ3v) is 4.77. The zero-order valence-corrected chi connectivity index (χ0v) is 23.2. The van der Waals surface area contributed by atoms with E-state index in [9.17, 15) is 0 Å². The molecule has 0 aromatic heterocycles. The summed E-state index contributed by atoms with van der Waals surface area (Å²) < 4.78 is 1.18. The van der Waals surface area contributed by atoms with Crippen LogP contribution < -0.4 is 24.8 Å². The van der Waals surface area contributed by atoms with E-state index in [1.165, 1.54) is 37.5 Å². The number of benzene rings is 1. The molecular weight excluding hydrogens is 522 g/mol. The molecule has 0 fully saturated rings. The zero-order valence-electron chi connectivity index (χ0n) is 16.6. The van der Waals surface area contributed by atoms with Crippen molar-refractivity contribution in [3.63, 3.8) is 0 Å². The second-order valence-electron chi connectivity index (χ2n) is 6.57. The Morgan fingerprint density at radius 3 is 2.00 bits per heavy atom. The molecule has 0 heterocycles. The SMILES string of the molecule is CC1=[C-]C(C)C(C)=C1C.C[Si](C)=[Zr+2].Cc1cc2c(Br)cccc2[cH-]1.[Cl-].[Cl-]. The fourth-order valence-electron chi connectivity index (χ4n) is 2.51. The van der Waals surface area contributed by atoms with Gasteiger partial charge in [-0.3, -0.25) is 6.08 Å². The third-order valence-electron chi connectivity index (χ3n) is 4.08. The molecular formula is C21H27BrCl2SiZr-2. The van der Waals surface area contributed by atoms with Crippen LogP contribution in [0.15, 0.2) is 51.5 Å². The second kappa shape index (κ2) is 13.6. The Morgan fingerprint density at radius 1 is 1.12 bits per heavy atom. The van der Waals surface area contributed by atoms with E-state index >= 15 is 0 Å². The molecule has 0 bridgehead atoms. The van der Waals surface area contributed by atoms with Crippen LogP contribution >= 0.6 is 15.9 Å². The molecule has 142 valence electrons. The number of hydrogen-bond donors (Lipinski definition) is 0. The molecule has 2 aromatic rings. The van der Waals surface area contributed by atoms with Gasteiger partial charge < -0.3 is 24.8 Å². The van der Waals surface area contributed by atoms with E-state index in [1.54, 1.807) is 23.3 Å². The van der Waals surface area contributed by atoms with Gasteiger partial charge in [-0.15, -0.1) is 41.5 Å². The standard InChI is InChI=1S/C10H8Br.C9H13.C2H6Si.2ClH.Zr/c1-7-5-8-3-2-4-10(11)9(8)6-7;1-6-5-7(2)9(4)8(6)3;1-3-2;;;/h2-6H,1H3;6H,1-4H3;1-2H3;2*1H;/q2*-1;;;;+2/p-2. The van der Waals surface area contributed by atoms with Crippen molar-refractivity contribution in [3.8, 4) is 0 Å². The van der Waals surface area contributed by atoms with E-state index in [4.69, 9.17) is 0 Å². The second-order valence-corrected chi connectivity index (χ2v) is 16.8. The fourth-order valence-corrected chi connectivity index (χ4v) is 3.00. The number of allylic oxidation sites excluding steroid dienone is 4. The molecule has 0 saturated carbocycles. The predicted molar refractivity (Wildman–Crippen MR) is 109 cm³/mol. The van der Waals surface area contributed by atoms with Gasteiger partial charge in [0.25, 0.3) is 0 Å². The van der Waals surface area contributed by atoms with E-state index in [2.05, 4.69) is 100 Å². The summed E-state index contributed by atoms with van der Waals surface area (Å²) in [5.41, 5.74) is 5.78. The monoisotopic (exact) mass is 546 g/mol. The summed E-state index contributed by atoms with van der Waals surface area (Å²) >= 11 is 5.25. The van der Waals surface area contributed by atoms with Gasteiger partial charge in [-0.1, -0.05) is 55.6 Å². The molecule has 3 rings (SSSR count). The fraction of sp³-hybridized carbons (Fsp3) is 0.381. The first-order valence-electron chi connectivity index (χ1n) is 8.24. The largest absolute Gasteiger partial charge is 1.00 e. The van der Waals surface area contributed by atoms with Gasteiger partial charge in [0.15, 0.2) is 0 Å². The van der Waals surface area contributed by atoms with Gasteiger partial charge in [0.05, 0.1) is 0 Å². The van der Waals surface area contributed by atoms with Crippen molar-refractivity contribution < 1.29 is 48.1 Å². The van der Waals surface area contributed by atoms with Gasteiger partial charge in [0.2, 0.25) is 0 Å². The Hall–Kier alpha value is 0.470. The van der Waals surface area contributed by atoms with Crippen LogP contribution in [-0.4, -0.2) is 5.43 Å². The Balaban J connectivity index is 0. The summed E-state index contributed by atoms with van der Waals surface area (Å²) in [6.07, 6.45) is 3.36. The maximum Gasteiger partial charge on any atom is -0.0262 e. The van der Waals surface area contributed by atoms with E-state index in [0.29, 0.717) is 5.92 Å². The molecule has 0 N–H and O–H groups in total. The van der Waals surface area contributed by atoms with Crippen molar-refractivity contribution in [2.24, 2.45) is 5.92 Å². The van der Waals surface area contributed by atoms with Gasteiger partial charge in [0.1, 0.15) is 0 Å². The first-order valence-corrected chi connectivity index (χ1v) is 15.2. The Morgan fingerprint density at radius 2 is 1.65 bits per heavy atom. The van der Waals surface area contributed by atoms with Crippen molar-refractivity contribution in [1.29, 1.82) is 0 Å². The molecule has 0 amide bonds. The van der Waals surface area contributed by atoms with Crippen molar-refractivity contribution in [2.45, 2.75) is 47.7 Å². The number of halogens is 3. The smallest absolute Gasteiger partial charge is 0.0262 e. The minimum atomic E-state index is 0. The van der Waals surface area contributed by atoms with Crippen molar-refractivity contribution >= 4 is 32.1 Å². The third kappa shape index (κ3) is 9.11. The molecule has 1 aliphatic carbocycles. The molecule has 0 nitrogen and oxygen atoms in total. The van der Waals surface area contributed by atoms with Gasteiger partial charge in [-0.2, -0.15) is 17.2 Å². The van der Waals surface area contributed by atoms with Gasteiger partial charge in [-0.05, 0) is 4.47 Å². The average molecular weight is 550 g/mol. The molecule has 2 aromatic carbocycles. The molecule has 0 spiro atoms. The molecule has 1 aliphatic rings. The minimum absolute atomic E-state index is 0. The first kappa shape index (κ1) is 28.7. The van der Waals surface area contributed by atoms with Crippen LogP contribution in [-0.2, 0) is 23.3 Å². The average Bonchev–Trinajstić information content (AvgIpc) is 2.96. The van der Waals surface area contributed by atoms with Crippen LogP contribution in [0.5, 0.6) is 0 Å². The van der Waals surface area contributed by atoms with Crippen LogP contribution in [0.3, 0.4) is 0 Å². The molecule has 0 saturated heterocycles. The summed E-state index contributed by atoms with van der Waals surface area (Å²) in [6, 6.07) is 10.7. The maximum absolute atomic E-state index is 3.51. The van der Waals surface area contributed by atoms with Gasteiger partial charge in [-0.25, -0.2) is 5.57 Å². The zero-order chi connectivity index (χ0) is 18.4. The Labute approximate surface area is 195 Å². The summed E-state index contributed by atoms with van der Waals surface area (Å²) in [5, 5.41) is 2.63. The van der Waals surface area contributed by atoms with Crippen molar-refractivity contribution in [3.05, 3.63) is 63.2 Å². The quantitative estimate of drug-likeness (QED) is 0.342. The summed E-state index contributed by atoms with van der Waals surface area (Å²) in [7, 11) is 0. The van der Waals surface area contributed by atoms with E-state index in [1.807, 2.05) is 0 Å². The normalized spacial score (nSPS) is 15.0. The summed E-state index contributed by atoms with van der Waals surface area (Å²) in [6.45, 7) is 15.4. The van der Waals surface area contributed by atoms with Crippen LogP contribution in [0, 0.1) is 18.9 Å². The molecule has 5 heteroatoms. The van der Waals surface area contributed by atoms with Crippen molar-refractivity contribution in [1.82, 2.24) is 0 Å².